The molecular formula is C29H28ClNO. The highest BCUT2D eigenvalue weighted by Gasteiger charge is 2.58. The van der Waals surface area contributed by atoms with E-state index in [9.17, 15) is 5.11 Å². The Bertz CT molecular complexity index is 1150. The molecule has 4 fully saturated rings. The number of halogens is 1. The highest BCUT2D eigenvalue weighted by Crippen LogP contribution is 2.66. The minimum absolute atomic E-state index is 0.189. The molecule has 2 unspecified atom stereocenters. The van der Waals surface area contributed by atoms with Crippen LogP contribution in [-0.2, 0) is 10.8 Å². The number of aliphatic imine (C=N–C) groups is 1. The van der Waals surface area contributed by atoms with Crippen LogP contribution in [0, 0.1) is 11.8 Å². The fourth-order valence-electron chi connectivity index (χ4n) is 7.40. The second-order valence-electron chi connectivity index (χ2n) is 10.4. The van der Waals surface area contributed by atoms with Gasteiger partial charge in [0.2, 0.25) is 0 Å². The fraction of sp³-hybridized carbons (Fsp3) is 0.345. The predicted octanol–water partition coefficient (Wildman–Crippen LogP) is 7.59. The van der Waals surface area contributed by atoms with Crippen LogP contribution >= 0.6 is 11.6 Å². The van der Waals surface area contributed by atoms with E-state index in [1.54, 1.807) is 30.0 Å². The fourth-order valence-corrected chi connectivity index (χ4v) is 7.58. The van der Waals surface area contributed by atoms with Crippen molar-refractivity contribution in [3.63, 3.8) is 0 Å². The summed E-state index contributed by atoms with van der Waals surface area (Å²) in [5.74, 6) is 1.88. The third-order valence-electron chi connectivity index (χ3n) is 8.27. The largest absolute Gasteiger partial charge is 0.507 e. The molecule has 3 heteroatoms. The van der Waals surface area contributed by atoms with Gasteiger partial charge in [-0.15, -0.1) is 0 Å². The molecule has 0 aromatic heterocycles. The summed E-state index contributed by atoms with van der Waals surface area (Å²) in [5, 5.41) is 10.6. The first-order valence-electron chi connectivity index (χ1n) is 11.7. The maximum Gasteiger partial charge on any atom is 0.124 e. The van der Waals surface area contributed by atoms with Crippen LogP contribution in [0.1, 0.15) is 55.2 Å². The summed E-state index contributed by atoms with van der Waals surface area (Å²) in [6.45, 7) is 0. The van der Waals surface area contributed by atoms with E-state index in [0.717, 1.165) is 17.5 Å². The van der Waals surface area contributed by atoms with Crippen LogP contribution in [0.15, 0.2) is 77.8 Å². The summed E-state index contributed by atoms with van der Waals surface area (Å²) in [6.07, 6.45) is 9.76. The SMILES string of the molecule is Oc1ccc(Cl)cc1C=Nc1ccc(C23CC4CC(CC(c5ccccc5)(C4)C2)C3)cc1. The van der Waals surface area contributed by atoms with Crippen LogP contribution in [0.4, 0.5) is 5.69 Å². The van der Waals surface area contributed by atoms with Crippen molar-refractivity contribution in [3.8, 4) is 5.75 Å². The monoisotopic (exact) mass is 441 g/mol. The predicted molar refractivity (Wildman–Crippen MR) is 131 cm³/mol. The molecule has 0 spiro atoms. The van der Waals surface area contributed by atoms with E-state index in [1.807, 2.05) is 0 Å². The quantitative estimate of drug-likeness (QED) is 0.415. The third kappa shape index (κ3) is 3.36. The molecule has 4 bridgehead atoms. The summed E-state index contributed by atoms with van der Waals surface area (Å²) in [5.41, 5.74) is 5.22. The Balaban J connectivity index is 1.29. The Morgan fingerprint density at radius 2 is 1.44 bits per heavy atom. The highest BCUT2D eigenvalue weighted by molar-refractivity contribution is 6.30. The van der Waals surface area contributed by atoms with Gasteiger partial charge in [-0.3, -0.25) is 4.99 Å². The molecule has 1 N–H and O–H groups in total. The Hall–Kier alpha value is -2.58. The van der Waals surface area contributed by atoms with Crippen LogP contribution in [0.5, 0.6) is 5.75 Å². The molecular weight excluding hydrogens is 414 g/mol. The smallest absolute Gasteiger partial charge is 0.124 e. The normalized spacial score (nSPS) is 30.8. The van der Waals surface area contributed by atoms with Crippen molar-refractivity contribution < 1.29 is 5.11 Å². The van der Waals surface area contributed by atoms with Gasteiger partial charge in [-0.05, 0) is 103 Å². The van der Waals surface area contributed by atoms with Gasteiger partial charge in [-0.2, -0.15) is 0 Å². The molecule has 3 aromatic rings. The molecule has 7 rings (SSSR count). The molecule has 2 nitrogen and oxygen atoms in total. The molecule has 0 saturated heterocycles. The van der Waals surface area contributed by atoms with Crippen LogP contribution in [0.3, 0.4) is 0 Å². The van der Waals surface area contributed by atoms with E-state index in [4.69, 9.17) is 11.6 Å². The van der Waals surface area contributed by atoms with E-state index in [2.05, 4.69) is 59.6 Å². The number of benzene rings is 3. The first kappa shape index (κ1) is 20.1. The zero-order valence-corrected chi connectivity index (χ0v) is 18.9. The van der Waals surface area contributed by atoms with Crippen molar-refractivity contribution in [1.82, 2.24) is 0 Å². The van der Waals surface area contributed by atoms with Gasteiger partial charge in [0.25, 0.3) is 0 Å². The summed E-state index contributed by atoms with van der Waals surface area (Å²) in [4.78, 5) is 4.58. The number of aromatic hydroxyl groups is 1. The summed E-state index contributed by atoms with van der Waals surface area (Å²) < 4.78 is 0. The van der Waals surface area contributed by atoms with Gasteiger partial charge in [0.05, 0.1) is 5.69 Å². The molecule has 3 aromatic carbocycles. The standard InChI is InChI=1S/C29H28ClNO/c30-25-8-11-27(32)22(13-25)18-31-26-9-6-24(7-10-26)29-16-20-12-21(17-29)15-28(14-20,19-29)23-4-2-1-3-5-23/h1-11,13,18,20-21,32H,12,14-17,19H2. The van der Waals surface area contributed by atoms with Gasteiger partial charge in [-0.25, -0.2) is 0 Å². The van der Waals surface area contributed by atoms with Crippen molar-refractivity contribution in [2.75, 3.05) is 0 Å². The Morgan fingerprint density at radius 1 is 0.812 bits per heavy atom. The molecule has 162 valence electrons. The van der Waals surface area contributed by atoms with Gasteiger partial charge < -0.3 is 5.11 Å². The molecule has 4 saturated carbocycles. The van der Waals surface area contributed by atoms with E-state index in [1.165, 1.54) is 44.1 Å². The summed E-state index contributed by atoms with van der Waals surface area (Å²) >= 11 is 6.05. The van der Waals surface area contributed by atoms with Crippen LogP contribution < -0.4 is 0 Å². The topological polar surface area (TPSA) is 32.6 Å². The van der Waals surface area contributed by atoms with Crippen molar-refractivity contribution in [2.45, 2.75) is 49.4 Å². The van der Waals surface area contributed by atoms with Crippen molar-refractivity contribution >= 4 is 23.5 Å². The summed E-state index contributed by atoms with van der Waals surface area (Å²) in [6, 6.07) is 25.2. The third-order valence-corrected chi connectivity index (χ3v) is 8.50. The number of nitrogens with zero attached hydrogens (tertiary/aromatic N) is 1. The molecule has 4 aliphatic carbocycles. The molecule has 0 aliphatic heterocycles. The molecule has 0 amide bonds. The average molecular weight is 442 g/mol. The van der Waals surface area contributed by atoms with Gasteiger partial charge >= 0.3 is 0 Å². The molecule has 2 atom stereocenters. The van der Waals surface area contributed by atoms with Gasteiger partial charge in [0.1, 0.15) is 5.75 Å². The number of phenols is 1. The lowest BCUT2D eigenvalue weighted by Gasteiger charge is -2.62. The zero-order valence-electron chi connectivity index (χ0n) is 18.2. The van der Waals surface area contributed by atoms with Crippen LogP contribution in [0.2, 0.25) is 5.02 Å². The Morgan fingerprint density at radius 3 is 2.09 bits per heavy atom. The van der Waals surface area contributed by atoms with E-state index in [0.29, 0.717) is 21.4 Å². The Labute approximate surface area is 195 Å². The van der Waals surface area contributed by atoms with Gasteiger partial charge in [-0.1, -0.05) is 54.1 Å². The first-order chi connectivity index (χ1) is 15.5. The second kappa shape index (κ2) is 7.49. The lowest BCUT2D eigenvalue weighted by atomic mass is 9.42. The van der Waals surface area contributed by atoms with Gasteiger partial charge in [0, 0.05) is 16.8 Å². The number of hydrogen-bond acceptors (Lipinski definition) is 2. The number of phenolic OH excluding ortho intramolecular Hbond substituents is 1. The van der Waals surface area contributed by atoms with E-state index >= 15 is 0 Å². The first-order valence-corrected chi connectivity index (χ1v) is 12.1. The minimum atomic E-state index is 0.189. The highest BCUT2D eigenvalue weighted by atomic mass is 35.5. The Kier molecular flexibility index (Phi) is 4.69. The summed E-state index contributed by atoms with van der Waals surface area (Å²) in [7, 11) is 0. The number of rotatable bonds is 4. The number of hydrogen-bond donors (Lipinski definition) is 1. The molecule has 4 aliphatic rings. The second-order valence-corrected chi connectivity index (χ2v) is 10.8. The molecule has 32 heavy (non-hydrogen) atoms. The van der Waals surface area contributed by atoms with Gasteiger partial charge in [0.15, 0.2) is 0 Å². The van der Waals surface area contributed by atoms with Crippen LogP contribution in [0.25, 0.3) is 0 Å². The maximum absolute atomic E-state index is 10.0. The van der Waals surface area contributed by atoms with Crippen molar-refractivity contribution in [3.05, 3.63) is 94.5 Å². The zero-order chi connectivity index (χ0) is 21.8. The maximum atomic E-state index is 10.0. The van der Waals surface area contributed by atoms with Crippen LogP contribution in [-0.4, -0.2) is 11.3 Å². The molecule has 0 heterocycles. The van der Waals surface area contributed by atoms with E-state index < -0.39 is 0 Å². The molecule has 0 radical (unpaired) electrons. The minimum Gasteiger partial charge on any atom is -0.507 e. The van der Waals surface area contributed by atoms with Crippen molar-refractivity contribution in [2.24, 2.45) is 16.8 Å². The van der Waals surface area contributed by atoms with E-state index in [-0.39, 0.29) is 5.75 Å². The average Bonchev–Trinajstić information content (AvgIpc) is 2.80. The van der Waals surface area contributed by atoms with Crippen molar-refractivity contribution in [1.29, 1.82) is 0 Å². The lowest BCUT2D eigenvalue weighted by molar-refractivity contribution is -0.0281. The lowest BCUT2D eigenvalue weighted by Crippen LogP contribution is -2.55.